The summed E-state index contributed by atoms with van der Waals surface area (Å²) in [6, 6.07) is 10.8. The van der Waals surface area contributed by atoms with Crippen LogP contribution >= 0.6 is 15.9 Å². The molecule has 0 aliphatic rings. The van der Waals surface area contributed by atoms with E-state index >= 15 is 0 Å². The van der Waals surface area contributed by atoms with Crippen LogP contribution in [0.25, 0.3) is 0 Å². The Morgan fingerprint density at radius 2 is 1.67 bits per heavy atom. The van der Waals surface area contributed by atoms with Gasteiger partial charge in [0.2, 0.25) is 0 Å². The molecule has 6 heteroatoms. The molecule has 0 saturated carbocycles. The van der Waals surface area contributed by atoms with E-state index in [4.69, 9.17) is 4.74 Å². The average molecular weight is 433 g/mol. The molecule has 0 fully saturated rings. The van der Waals surface area contributed by atoms with Gasteiger partial charge in [-0.2, -0.15) is 0 Å². The third kappa shape index (κ3) is 6.10. The molecule has 27 heavy (non-hydrogen) atoms. The number of halogens is 1. The Hall–Kier alpha value is -2.34. The van der Waals surface area contributed by atoms with Gasteiger partial charge in [-0.15, -0.1) is 0 Å². The summed E-state index contributed by atoms with van der Waals surface area (Å²) < 4.78 is 6.67. The Kier molecular flexibility index (Phi) is 6.65. The smallest absolute Gasteiger partial charge is 0.262 e. The number of rotatable bonds is 5. The number of aryl methyl sites for hydroxylation is 2. The van der Waals surface area contributed by atoms with Gasteiger partial charge >= 0.3 is 0 Å². The Labute approximate surface area is 168 Å². The number of para-hydroxylation sites is 1. The van der Waals surface area contributed by atoms with Crippen molar-refractivity contribution in [2.45, 2.75) is 40.2 Å². The lowest BCUT2D eigenvalue weighted by atomic mass is 10.1. The molecule has 0 heterocycles. The first-order chi connectivity index (χ1) is 12.6. The minimum Gasteiger partial charge on any atom is -0.483 e. The van der Waals surface area contributed by atoms with Crippen molar-refractivity contribution in [2.75, 3.05) is 11.9 Å². The zero-order valence-corrected chi connectivity index (χ0v) is 17.9. The molecule has 0 bridgehead atoms. The fourth-order valence-electron chi connectivity index (χ4n) is 2.65. The number of benzene rings is 2. The normalized spacial score (nSPS) is 11.0. The van der Waals surface area contributed by atoms with E-state index in [1.54, 1.807) is 24.3 Å². The van der Waals surface area contributed by atoms with Crippen LogP contribution in [0.2, 0.25) is 0 Å². The molecule has 2 rings (SSSR count). The van der Waals surface area contributed by atoms with E-state index in [1.807, 2.05) is 46.8 Å². The van der Waals surface area contributed by atoms with Crippen molar-refractivity contribution in [3.05, 3.63) is 57.6 Å². The molecule has 0 atom stereocenters. The third-order valence-corrected chi connectivity index (χ3v) is 4.16. The van der Waals surface area contributed by atoms with E-state index < -0.39 is 0 Å². The molecule has 0 aliphatic heterocycles. The Morgan fingerprint density at radius 3 is 2.26 bits per heavy atom. The zero-order chi connectivity index (χ0) is 20.2. The molecular weight excluding hydrogens is 408 g/mol. The maximum atomic E-state index is 12.5. The Bertz CT molecular complexity index is 834. The quantitative estimate of drug-likeness (QED) is 0.724. The second-order valence-electron chi connectivity index (χ2n) is 7.46. The third-order valence-electron chi connectivity index (χ3n) is 3.71. The van der Waals surface area contributed by atoms with Gasteiger partial charge in [0, 0.05) is 10.0 Å². The molecule has 144 valence electrons. The molecular formula is C21H25BrN2O3. The first-order valence-corrected chi connectivity index (χ1v) is 9.47. The highest BCUT2D eigenvalue weighted by atomic mass is 79.9. The molecule has 0 aliphatic carbocycles. The second kappa shape index (κ2) is 8.57. The zero-order valence-electron chi connectivity index (χ0n) is 16.3. The van der Waals surface area contributed by atoms with Crippen LogP contribution in [-0.2, 0) is 4.79 Å². The molecule has 0 radical (unpaired) electrons. The standard InChI is InChI=1S/C21H25BrN2O3/c1-13-10-15(22)11-14(2)19(13)27-12-18(25)23-17-9-7-6-8-16(17)20(26)24-21(3,4)5/h6-11H,12H2,1-5H3,(H,23,25)(H,24,26). The molecule has 0 aromatic heterocycles. The number of carbonyl (C=O) groups excluding carboxylic acids is 2. The van der Waals surface area contributed by atoms with E-state index in [-0.39, 0.29) is 24.0 Å². The summed E-state index contributed by atoms with van der Waals surface area (Å²) in [4.78, 5) is 24.8. The summed E-state index contributed by atoms with van der Waals surface area (Å²) in [6.07, 6.45) is 0. The van der Waals surface area contributed by atoms with Crippen LogP contribution in [0.4, 0.5) is 5.69 Å². The highest BCUT2D eigenvalue weighted by molar-refractivity contribution is 9.10. The number of anilines is 1. The van der Waals surface area contributed by atoms with E-state index in [1.165, 1.54) is 0 Å². The SMILES string of the molecule is Cc1cc(Br)cc(C)c1OCC(=O)Nc1ccccc1C(=O)NC(C)(C)C. The summed E-state index contributed by atoms with van der Waals surface area (Å²) >= 11 is 3.44. The van der Waals surface area contributed by atoms with Gasteiger partial charge in [0.1, 0.15) is 5.75 Å². The van der Waals surface area contributed by atoms with Gasteiger partial charge in [-0.25, -0.2) is 0 Å². The molecule has 0 spiro atoms. The first kappa shape index (κ1) is 21.0. The van der Waals surface area contributed by atoms with Crippen LogP contribution in [0.3, 0.4) is 0 Å². The number of ether oxygens (including phenoxy) is 1. The predicted octanol–water partition coefficient (Wildman–Crippen LogP) is 4.61. The molecule has 2 amide bonds. The van der Waals surface area contributed by atoms with Gasteiger partial charge in [0.05, 0.1) is 11.3 Å². The minimum absolute atomic E-state index is 0.140. The summed E-state index contributed by atoms with van der Waals surface area (Å²) in [7, 11) is 0. The summed E-state index contributed by atoms with van der Waals surface area (Å²) in [5.41, 5.74) is 2.39. The maximum absolute atomic E-state index is 12.5. The predicted molar refractivity (Wildman–Crippen MR) is 111 cm³/mol. The van der Waals surface area contributed by atoms with Crippen molar-refractivity contribution >= 4 is 33.4 Å². The molecule has 2 aromatic carbocycles. The highest BCUT2D eigenvalue weighted by Crippen LogP contribution is 2.27. The monoisotopic (exact) mass is 432 g/mol. The molecule has 0 unspecified atom stereocenters. The average Bonchev–Trinajstić information content (AvgIpc) is 2.52. The van der Waals surface area contributed by atoms with E-state index in [0.29, 0.717) is 17.0 Å². The van der Waals surface area contributed by atoms with Crippen molar-refractivity contribution in [3.8, 4) is 5.75 Å². The molecule has 2 N–H and O–H groups in total. The second-order valence-corrected chi connectivity index (χ2v) is 8.37. The van der Waals surface area contributed by atoms with Crippen LogP contribution in [-0.4, -0.2) is 24.0 Å². The van der Waals surface area contributed by atoms with Crippen LogP contribution < -0.4 is 15.4 Å². The van der Waals surface area contributed by atoms with E-state index in [9.17, 15) is 9.59 Å². The fraction of sp³-hybridized carbons (Fsp3) is 0.333. The lowest BCUT2D eigenvalue weighted by Crippen LogP contribution is -2.41. The van der Waals surface area contributed by atoms with Crippen molar-refractivity contribution < 1.29 is 14.3 Å². The molecule has 0 saturated heterocycles. The minimum atomic E-state index is -0.367. The van der Waals surface area contributed by atoms with Crippen LogP contribution in [0.5, 0.6) is 5.75 Å². The highest BCUT2D eigenvalue weighted by Gasteiger charge is 2.19. The van der Waals surface area contributed by atoms with Gasteiger partial charge in [-0.3, -0.25) is 9.59 Å². The lowest BCUT2D eigenvalue weighted by molar-refractivity contribution is -0.118. The Balaban J connectivity index is 2.08. The Morgan fingerprint density at radius 1 is 1.07 bits per heavy atom. The number of amides is 2. The van der Waals surface area contributed by atoms with Gasteiger partial charge in [0.15, 0.2) is 6.61 Å². The first-order valence-electron chi connectivity index (χ1n) is 8.68. The van der Waals surface area contributed by atoms with Crippen molar-refractivity contribution in [1.29, 1.82) is 0 Å². The topological polar surface area (TPSA) is 67.4 Å². The van der Waals surface area contributed by atoms with Gasteiger partial charge in [-0.05, 0) is 70.0 Å². The molecule has 5 nitrogen and oxygen atoms in total. The van der Waals surface area contributed by atoms with Crippen molar-refractivity contribution in [3.63, 3.8) is 0 Å². The van der Waals surface area contributed by atoms with Crippen LogP contribution in [0, 0.1) is 13.8 Å². The lowest BCUT2D eigenvalue weighted by Gasteiger charge is -2.21. The number of hydrogen-bond donors (Lipinski definition) is 2. The van der Waals surface area contributed by atoms with Crippen LogP contribution in [0.15, 0.2) is 40.9 Å². The molecule has 2 aromatic rings. The van der Waals surface area contributed by atoms with Gasteiger partial charge in [-0.1, -0.05) is 28.1 Å². The number of nitrogens with one attached hydrogen (secondary N) is 2. The van der Waals surface area contributed by atoms with Gasteiger partial charge in [0.25, 0.3) is 11.8 Å². The maximum Gasteiger partial charge on any atom is 0.262 e. The number of hydrogen-bond acceptors (Lipinski definition) is 3. The summed E-state index contributed by atoms with van der Waals surface area (Å²) in [6.45, 7) is 9.43. The van der Waals surface area contributed by atoms with Crippen molar-refractivity contribution in [2.24, 2.45) is 0 Å². The fourth-order valence-corrected chi connectivity index (χ4v) is 3.33. The largest absolute Gasteiger partial charge is 0.483 e. The summed E-state index contributed by atoms with van der Waals surface area (Å²) in [5.74, 6) is 0.124. The van der Waals surface area contributed by atoms with Gasteiger partial charge < -0.3 is 15.4 Å². The summed E-state index contributed by atoms with van der Waals surface area (Å²) in [5, 5.41) is 5.66. The number of carbonyl (C=O) groups is 2. The van der Waals surface area contributed by atoms with E-state index in [0.717, 1.165) is 15.6 Å². The van der Waals surface area contributed by atoms with Crippen molar-refractivity contribution in [1.82, 2.24) is 5.32 Å². The van der Waals surface area contributed by atoms with Crippen LogP contribution in [0.1, 0.15) is 42.3 Å². The van der Waals surface area contributed by atoms with E-state index in [2.05, 4.69) is 26.6 Å².